The van der Waals surface area contributed by atoms with Crippen LogP contribution >= 0.6 is 0 Å². The molecule has 0 amide bonds. The van der Waals surface area contributed by atoms with Gasteiger partial charge < -0.3 is 9.84 Å². The molecule has 1 unspecified atom stereocenters. The molecule has 2 aromatic carbocycles. The normalized spacial score (nSPS) is 17.5. The van der Waals surface area contributed by atoms with Crippen LogP contribution in [0.5, 0.6) is 5.75 Å². The van der Waals surface area contributed by atoms with Gasteiger partial charge in [-0.1, -0.05) is 42.5 Å². The van der Waals surface area contributed by atoms with E-state index >= 15 is 0 Å². The maximum absolute atomic E-state index is 11.3. The Kier molecular flexibility index (Phi) is 6.07. The third kappa shape index (κ3) is 5.07. The monoisotopic (exact) mass is 339 g/mol. The van der Waals surface area contributed by atoms with Crippen LogP contribution in [0.4, 0.5) is 0 Å². The van der Waals surface area contributed by atoms with E-state index in [0.29, 0.717) is 13.2 Å². The molecule has 1 N–H and O–H groups in total. The minimum absolute atomic E-state index is 0.351. The largest absolute Gasteiger partial charge is 0.494 e. The minimum Gasteiger partial charge on any atom is -0.494 e. The van der Waals surface area contributed by atoms with E-state index in [2.05, 4.69) is 24.3 Å². The Morgan fingerprint density at radius 2 is 1.92 bits per heavy atom. The zero-order valence-electron chi connectivity index (χ0n) is 14.4. The van der Waals surface area contributed by atoms with Crippen molar-refractivity contribution in [1.29, 1.82) is 0 Å². The average molecular weight is 339 g/mol. The van der Waals surface area contributed by atoms with Crippen molar-refractivity contribution in [3.63, 3.8) is 0 Å². The summed E-state index contributed by atoms with van der Waals surface area (Å²) < 4.78 is 5.87. The molecular weight excluding hydrogens is 314 g/mol. The second-order valence-corrected chi connectivity index (χ2v) is 6.55. The first-order chi connectivity index (χ1) is 12.2. The van der Waals surface area contributed by atoms with Crippen LogP contribution in [0.15, 0.2) is 54.6 Å². The minimum atomic E-state index is -0.717. The molecular formula is C21H25NO3. The summed E-state index contributed by atoms with van der Waals surface area (Å²) in [7, 11) is 0. The fraction of sp³-hybridized carbons (Fsp3) is 0.381. The topological polar surface area (TPSA) is 49.8 Å². The fourth-order valence-electron chi connectivity index (χ4n) is 3.37. The predicted molar refractivity (Wildman–Crippen MR) is 97.8 cm³/mol. The number of ether oxygens (including phenoxy) is 1. The van der Waals surface area contributed by atoms with Gasteiger partial charge in [0, 0.05) is 6.54 Å². The predicted octanol–water partition coefficient (Wildman–Crippen LogP) is 3.75. The van der Waals surface area contributed by atoms with E-state index in [9.17, 15) is 9.90 Å². The lowest BCUT2D eigenvalue weighted by Crippen LogP contribution is -2.35. The van der Waals surface area contributed by atoms with Crippen LogP contribution in [0.3, 0.4) is 0 Å². The third-order valence-electron chi connectivity index (χ3n) is 4.65. The highest BCUT2D eigenvalue weighted by Crippen LogP contribution is 2.22. The molecule has 0 aliphatic carbocycles. The molecule has 132 valence electrons. The van der Waals surface area contributed by atoms with Crippen molar-refractivity contribution in [2.24, 2.45) is 0 Å². The van der Waals surface area contributed by atoms with Crippen LogP contribution in [0, 0.1) is 0 Å². The number of nitrogens with zero attached hydrogens (tertiary/aromatic N) is 1. The Hall–Kier alpha value is -2.33. The molecule has 1 atom stereocenters. The molecule has 0 spiro atoms. The smallest absolute Gasteiger partial charge is 0.320 e. The lowest BCUT2D eigenvalue weighted by Gasteiger charge is -2.21. The fourth-order valence-corrected chi connectivity index (χ4v) is 3.37. The van der Waals surface area contributed by atoms with Crippen LogP contribution in [0.25, 0.3) is 0 Å². The molecule has 0 aromatic heterocycles. The van der Waals surface area contributed by atoms with Crippen molar-refractivity contribution >= 4 is 5.97 Å². The summed E-state index contributed by atoms with van der Waals surface area (Å²) in [6, 6.07) is 18.1. The maximum Gasteiger partial charge on any atom is 0.320 e. The summed E-state index contributed by atoms with van der Waals surface area (Å²) in [4.78, 5) is 13.3. The van der Waals surface area contributed by atoms with Gasteiger partial charge in [0.25, 0.3) is 0 Å². The number of hydrogen-bond donors (Lipinski definition) is 1. The molecule has 1 saturated heterocycles. The number of hydrogen-bond acceptors (Lipinski definition) is 3. The summed E-state index contributed by atoms with van der Waals surface area (Å²) in [6.07, 6.45) is 3.67. The molecule has 3 rings (SSSR count). The number of aryl methyl sites for hydroxylation is 1. The van der Waals surface area contributed by atoms with Crippen molar-refractivity contribution in [1.82, 2.24) is 4.90 Å². The second kappa shape index (κ2) is 8.67. The van der Waals surface area contributed by atoms with Crippen molar-refractivity contribution in [2.45, 2.75) is 38.3 Å². The number of benzene rings is 2. The Labute approximate surface area is 149 Å². The number of likely N-dealkylation sites (tertiary alicyclic amines) is 1. The summed E-state index contributed by atoms with van der Waals surface area (Å²) in [5.74, 6) is 0.141. The van der Waals surface area contributed by atoms with Crippen LogP contribution in [-0.4, -0.2) is 35.2 Å². The number of aliphatic carboxylic acids is 1. The molecule has 0 saturated carbocycles. The first-order valence-electron chi connectivity index (χ1n) is 8.95. The van der Waals surface area contributed by atoms with Crippen LogP contribution in [0.1, 0.15) is 30.4 Å². The van der Waals surface area contributed by atoms with Crippen LogP contribution in [-0.2, 0) is 17.8 Å². The molecule has 4 heteroatoms. The van der Waals surface area contributed by atoms with Crippen LogP contribution < -0.4 is 4.74 Å². The number of rotatable bonds is 8. The van der Waals surface area contributed by atoms with Gasteiger partial charge >= 0.3 is 5.97 Å². The molecule has 0 radical (unpaired) electrons. The highest BCUT2D eigenvalue weighted by atomic mass is 16.5. The van der Waals surface area contributed by atoms with Gasteiger partial charge in [-0.3, -0.25) is 9.69 Å². The summed E-state index contributed by atoms with van der Waals surface area (Å²) >= 11 is 0. The third-order valence-corrected chi connectivity index (χ3v) is 4.65. The first-order valence-corrected chi connectivity index (χ1v) is 8.95. The molecule has 1 heterocycles. The number of carboxylic acids is 1. The SMILES string of the molecule is O=C(O)C1CCCN1Cc1cccc(OCCCc2ccccc2)c1. The quantitative estimate of drug-likeness (QED) is 0.744. The van der Waals surface area contributed by atoms with Crippen LogP contribution in [0.2, 0.25) is 0 Å². The Balaban J connectivity index is 1.49. The van der Waals surface area contributed by atoms with E-state index in [4.69, 9.17) is 4.74 Å². The van der Waals surface area contributed by atoms with Gasteiger partial charge in [-0.15, -0.1) is 0 Å². The average Bonchev–Trinajstić information content (AvgIpc) is 3.08. The van der Waals surface area contributed by atoms with Gasteiger partial charge in [0.15, 0.2) is 0 Å². The zero-order chi connectivity index (χ0) is 17.5. The van der Waals surface area contributed by atoms with Gasteiger partial charge in [0.05, 0.1) is 6.61 Å². The van der Waals surface area contributed by atoms with E-state index in [1.54, 1.807) is 0 Å². The van der Waals surface area contributed by atoms with E-state index in [-0.39, 0.29) is 6.04 Å². The molecule has 2 aromatic rings. The van der Waals surface area contributed by atoms with Gasteiger partial charge in [-0.2, -0.15) is 0 Å². The molecule has 1 fully saturated rings. The molecule has 1 aliphatic heterocycles. The lowest BCUT2D eigenvalue weighted by molar-refractivity contribution is -0.142. The van der Waals surface area contributed by atoms with Gasteiger partial charge in [-0.25, -0.2) is 0 Å². The van der Waals surface area contributed by atoms with Gasteiger partial charge in [-0.05, 0) is 55.5 Å². The standard InChI is InChI=1S/C21H25NO3/c23-21(24)20-12-5-13-22(20)16-18-9-4-11-19(15-18)25-14-6-10-17-7-2-1-3-8-17/h1-4,7-9,11,15,20H,5-6,10,12-14,16H2,(H,23,24). The van der Waals surface area contributed by atoms with E-state index in [1.165, 1.54) is 5.56 Å². The van der Waals surface area contributed by atoms with Gasteiger partial charge in [0.1, 0.15) is 11.8 Å². The Bertz CT molecular complexity index is 687. The summed E-state index contributed by atoms with van der Waals surface area (Å²) in [6.45, 7) is 2.19. The summed E-state index contributed by atoms with van der Waals surface area (Å²) in [5, 5.41) is 9.29. The van der Waals surface area contributed by atoms with Crippen molar-refractivity contribution in [3.05, 3.63) is 65.7 Å². The Morgan fingerprint density at radius 1 is 1.12 bits per heavy atom. The second-order valence-electron chi connectivity index (χ2n) is 6.55. The molecule has 0 bridgehead atoms. The molecule has 4 nitrogen and oxygen atoms in total. The van der Waals surface area contributed by atoms with Crippen molar-refractivity contribution < 1.29 is 14.6 Å². The first kappa shape index (κ1) is 17.5. The van der Waals surface area contributed by atoms with Gasteiger partial charge in [0.2, 0.25) is 0 Å². The summed E-state index contributed by atoms with van der Waals surface area (Å²) in [5.41, 5.74) is 2.43. The zero-order valence-corrected chi connectivity index (χ0v) is 14.4. The number of carboxylic acid groups (broad SMARTS) is 1. The van der Waals surface area contributed by atoms with E-state index in [1.807, 2.05) is 35.2 Å². The van der Waals surface area contributed by atoms with Crippen molar-refractivity contribution in [2.75, 3.05) is 13.2 Å². The lowest BCUT2D eigenvalue weighted by atomic mass is 10.1. The highest BCUT2D eigenvalue weighted by Gasteiger charge is 2.30. The molecule has 25 heavy (non-hydrogen) atoms. The highest BCUT2D eigenvalue weighted by molar-refractivity contribution is 5.73. The molecule has 1 aliphatic rings. The van der Waals surface area contributed by atoms with E-state index in [0.717, 1.165) is 43.5 Å². The van der Waals surface area contributed by atoms with Crippen molar-refractivity contribution in [3.8, 4) is 5.75 Å². The van der Waals surface area contributed by atoms with E-state index < -0.39 is 5.97 Å². The maximum atomic E-state index is 11.3. The Morgan fingerprint density at radius 3 is 2.72 bits per heavy atom. The number of carbonyl (C=O) groups is 1.